The SMILES string of the molecule is Cc1ccccc1C(=O)N1C[C@@H]2COC[C@]2(CNS(C)(=O)=O)C1. The van der Waals surface area contributed by atoms with E-state index in [4.69, 9.17) is 4.74 Å². The van der Waals surface area contributed by atoms with Crippen LogP contribution in [-0.4, -0.2) is 58.3 Å². The molecule has 2 heterocycles. The third kappa shape index (κ3) is 3.27. The highest BCUT2D eigenvalue weighted by atomic mass is 32.2. The molecule has 23 heavy (non-hydrogen) atoms. The van der Waals surface area contributed by atoms with Gasteiger partial charge < -0.3 is 9.64 Å². The summed E-state index contributed by atoms with van der Waals surface area (Å²) in [7, 11) is -3.26. The number of ether oxygens (including phenoxy) is 1. The zero-order chi connectivity index (χ0) is 16.7. The second kappa shape index (κ2) is 5.89. The van der Waals surface area contributed by atoms with Crippen molar-refractivity contribution in [3.05, 3.63) is 35.4 Å². The van der Waals surface area contributed by atoms with Gasteiger partial charge in [-0.15, -0.1) is 0 Å². The van der Waals surface area contributed by atoms with E-state index in [1.807, 2.05) is 36.1 Å². The van der Waals surface area contributed by atoms with Gasteiger partial charge >= 0.3 is 0 Å². The second-order valence-electron chi connectivity index (χ2n) is 6.67. The molecule has 6 nitrogen and oxygen atoms in total. The maximum Gasteiger partial charge on any atom is 0.254 e. The van der Waals surface area contributed by atoms with Crippen molar-refractivity contribution in [1.29, 1.82) is 0 Å². The first kappa shape index (κ1) is 16.4. The Morgan fingerprint density at radius 3 is 2.87 bits per heavy atom. The van der Waals surface area contributed by atoms with Crippen LogP contribution in [0, 0.1) is 18.3 Å². The first-order valence-electron chi connectivity index (χ1n) is 7.68. The van der Waals surface area contributed by atoms with E-state index in [9.17, 15) is 13.2 Å². The van der Waals surface area contributed by atoms with Gasteiger partial charge in [-0.2, -0.15) is 0 Å². The highest BCUT2D eigenvalue weighted by Crippen LogP contribution is 2.41. The number of nitrogens with one attached hydrogen (secondary N) is 1. The summed E-state index contributed by atoms with van der Waals surface area (Å²) in [5, 5.41) is 0. The van der Waals surface area contributed by atoms with Gasteiger partial charge in [0.1, 0.15) is 0 Å². The predicted octanol–water partition coefficient (Wildman–Crippen LogP) is 0.633. The van der Waals surface area contributed by atoms with Crippen LogP contribution >= 0.6 is 0 Å². The lowest BCUT2D eigenvalue weighted by Crippen LogP contribution is -2.43. The van der Waals surface area contributed by atoms with E-state index in [2.05, 4.69) is 4.72 Å². The monoisotopic (exact) mass is 338 g/mol. The number of rotatable bonds is 4. The molecule has 1 aromatic rings. The van der Waals surface area contributed by atoms with Crippen molar-refractivity contribution < 1.29 is 17.9 Å². The Morgan fingerprint density at radius 2 is 2.17 bits per heavy atom. The first-order chi connectivity index (χ1) is 10.8. The minimum Gasteiger partial charge on any atom is -0.380 e. The lowest BCUT2D eigenvalue weighted by Gasteiger charge is -2.27. The van der Waals surface area contributed by atoms with Crippen LogP contribution in [0.25, 0.3) is 0 Å². The van der Waals surface area contributed by atoms with Crippen molar-refractivity contribution in [3.8, 4) is 0 Å². The summed E-state index contributed by atoms with van der Waals surface area (Å²) in [6, 6.07) is 7.54. The number of likely N-dealkylation sites (tertiary alicyclic amines) is 1. The first-order valence-corrected chi connectivity index (χ1v) is 9.57. The number of hydrogen-bond acceptors (Lipinski definition) is 4. The fourth-order valence-electron chi connectivity index (χ4n) is 3.49. The van der Waals surface area contributed by atoms with Crippen molar-refractivity contribution in [3.63, 3.8) is 0 Å². The molecule has 0 unspecified atom stereocenters. The van der Waals surface area contributed by atoms with E-state index in [-0.39, 0.29) is 17.2 Å². The largest absolute Gasteiger partial charge is 0.380 e. The molecular formula is C16H22N2O4S. The summed E-state index contributed by atoms with van der Waals surface area (Å²) in [6.07, 6.45) is 1.15. The maximum atomic E-state index is 12.8. The summed E-state index contributed by atoms with van der Waals surface area (Å²) in [6.45, 7) is 4.43. The Balaban J connectivity index is 1.78. The molecule has 2 aliphatic rings. The van der Waals surface area contributed by atoms with E-state index in [0.29, 0.717) is 38.4 Å². The maximum absolute atomic E-state index is 12.8. The Bertz CT molecular complexity index is 719. The number of amides is 1. The standard InChI is InChI=1S/C16H22N2O4S/c1-12-5-3-4-6-14(12)15(19)18-7-13-8-22-11-16(13,10-18)9-17-23(2,20)21/h3-6,13,17H,7-11H2,1-2H3/t13-,16+/m1/s1. The van der Waals surface area contributed by atoms with Crippen LogP contribution < -0.4 is 4.72 Å². The van der Waals surface area contributed by atoms with Gasteiger partial charge in [0.25, 0.3) is 5.91 Å². The van der Waals surface area contributed by atoms with Crippen LogP contribution in [0.4, 0.5) is 0 Å². The van der Waals surface area contributed by atoms with Crippen LogP contribution in [0.5, 0.6) is 0 Å². The van der Waals surface area contributed by atoms with E-state index >= 15 is 0 Å². The van der Waals surface area contributed by atoms with Crippen molar-refractivity contribution in [2.45, 2.75) is 6.92 Å². The van der Waals surface area contributed by atoms with Crippen molar-refractivity contribution in [2.24, 2.45) is 11.3 Å². The molecule has 0 saturated carbocycles. The molecular weight excluding hydrogens is 316 g/mol. The van der Waals surface area contributed by atoms with Gasteiger partial charge in [-0.1, -0.05) is 18.2 Å². The minimum absolute atomic E-state index is 0.0104. The Hall–Kier alpha value is -1.44. The van der Waals surface area contributed by atoms with Crippen LogP contribution in [0.3, 0.4) is 0 Å². The summed E-state index contributed by atoms with van der Waals surface area (Å²) >= 11 is 0. The quantitative estimate of drug-likeness (QED) is 0.874. The van der Waals surface area contributed by atoms with Gasteiger partial charge in [-0.3, -0.25) is 4.79 Å². The zero-order valence-corrected chi connectivity index (χ0v) is 14.2. The molecule has 0 spiro atoms. The summed E-state index contributed by atoms with van der Waals surface area (Å²) in [4.78, 5) is 14.6. The molecule has 7 heteroatoms. The Labute approximate surface area is 136 Å². The van der Waals surface area contributed by atoms with Crippen molar-refractivity contribution >= 4 is 15.9 Å². The Kier molecular flexibility index (Phi) is 4.20. The van der Waals surface area contributed by atoms with Gasteiger partial charge in [0, 0.05) is 36.5 Å². The molecule has 3 rings (SSSR count). The van der Waals surface area contributed by atoms with Crippen LogP contribution in [0.15, 0.2) is 24.3 Å². The summed E-state index contributed by atoms with van der Waals surface area (Å²) < 4.78 is 31.0. The fraction of sp³-hybridized carbons (Fsp3) is 0.562. The molecule has 1 amide bonds. The van der Waals surface area contributed by atoms with Gasteiger partial charge in [-0.25, -0.2) is 13.1 Å². The van der Waals surface area contributed by atoms with E-state index in [1.165, 1.54) is 0 Å². The number of aryl methyl sites for hydroxylation is 1. The normalized spacial score (nSPS) is 27.2. The molecule has 1 aromatic carbocycles. The number of carbonyl (C=O) groups is 1. The lowest BCUT2D eigenvalue weighted by atomic mass is 9.81. The van der Waals surface area contributed by atoms with Crippen LogP contribution in [0.2, 0.25) is 0 Å². The number of benzene rings is 1. The molecule has 2 atom stereocenters. The fourth-order valence-corrected chi connectivity index (χ4v) is 4.04. The van der Waals surface area contributed by atoms with Crippen LogP contribution in [0.1, 0.15) is 15.9 Å². The van der Waals surface area contributed by atoms with E-state index in [0.717, 1.165) is 11.8 Å². The molecule has 126 valence electrons. The number of carbonyl (C=O) groups excluding carboxylic acids is 1. The molecule has 0 aromatic heterocycles. The molecule has 0 bridgehead atoms. The third-order valence-corrected chi connectivity index (χ3v) is 5.54. The molecule has 2 fully saturated rings. The topological polar surface area (TPSA) is 75.7 Å². The molecule has 2 aliphatic heterocycles. The van der Waals surface area contributed by atoms with Gasteiger partial charge in [0.2, 0.25) is 10.0 Å². The number of sulfonamides is 1. The smallest absolute Gasteiger partial charge is 0.254 e. The van der Waals surface area contributed by atoms with Gasteiger partial charge in [-0.05, 0) is 18.6 Å². The van der Waals surface area contributed by atoms with Gasteiger partial charge in [0.05, 0.1) is 19.5 Å². The summed E-state index contributed by atoms with van der Waals surface area (Å²) in [5.74, 6) is 0.181. The molecule has 2 saturated heterocycles. The van der Waals surface area contributed by atoms with E-state index in [1.54, 1.807) is 0 Å². The second-order valence-corrected chi connectivity index (χ2v) is 8.50. The zero-order valence-electron chi connectivity index (χ0n) is 13.4. The van der Waals surface area contributed by atoms with Crippen molar-refractivity contribution in [1.82, 2.24) is 9.62 Å². The van der Waals surface area contributed by atoms with Crippen molar-refractivity contribution in [2.75, 3.05) is 39.1 Å². The molecule has 0 radical (unpaired) electrons. The van der Waals surface area contributed by atoms with Crippen LogP contribution in [-0.2, 0) is 14.8 Å². The third-order valence-electron chi connectivity index (χ3n) is 4.87. The number of nitrogens with zero attached hydrogens (tertiary/aromatic N) is 1. The van der Waals surface area contributed by atoms with Gasteiger partial charge in [0.15, 0.2) is 0 Å². The highest BCUT2D eigenvalue weighted by molar-refractivity contribution is 7.88. The minimum atomic E-state index is -3.26. The molecule has 0 aliphatic carbocycles. The average molecular weight is 338 g/mol. The number of fused-ring (bicyclic) bond motifs is 1. The molecule has 1 N–H and O–H groups in total. The number of hydrogen-bond donors (Lipinski definition) is 1. The summed E-state index contributed by atoms with van der Waals surface area (Å²) in [5.41, 5.74) is 1.34. The highest BCUT2D eigenvalue weighted by Gasteiger charge is 2.52. The van der Waals surface area contributed by atoms with E-state index < -0.39 is 10.0 Å². The lowest BCUT2D eigenvalue weighted by molar-refractivity contribution is 0.0721. The Morgan fingerprint density at radius 1 is 1.43 bits per heavy atom. The average Bonchev–Trinajstić information content (AvgIpc) is 3.01. The predicted molar refractivity (Wildman–Crippen MR) is 86.7 cm³/mol.